The first kappa shape index (κ1) is 15.3. The fraction of sp³-hybridized carbons (Fsp3) is 0.312. The van der Waals surface area contributed by atoms with Crippen LogP contribution in [0.5, 0.6) is 0 Å². The number of amides is 1. The fourth-order valence-electron chi connectivity index (χ4n) is 2.06. The van der Waals surface area contributed by atoms with Gasteiger partial charge in [-0.3, -0.25) is 4.79 Å². The van der Waals surface area contributed by atoms with Crippen LogP contribution in [0.2, 0.25) is 0 Å². The summed E-state index contributed by atoms with van der Waals surface area (Å²) in [5, 5.41) is 2.07. The molecule has 0 fully saturated rings. The molecule has 0 saturated heterocycles. The van der Waals surface area contributed by atoms with Crippen LogP contribution in [0.25, 0.3) is 0 Å². The Balaban J connectivity index is 2.13. The van der Waals surface area contributed by atoms with Gasteiger partial charge in [-0.2, -0.15) is 0 Å². The highest BCUT2D eigenvalue weighted by Gasteiger charge is 2.20. The second-order valence-corrected chi connectivity index (χ2v) is 6.81. The summed E-state index contributed by atoms with van der Waals surface area (Å²) in [6, 6.07) is 10.1. The minimum Gasteiger partial charge on any atom is -0.339 e. The fourth-order valence-corrected chi connectivity index (χ4v) is 3.32. The van der Waals surface area contributed by atoms with Crippen molar-refractivity contribution in [1.82, 2.24) is 4.90 Å². The van der Waals surface area contributed by atoms with E-state index in [0.29, 0.717) is 0 Å². The Morgan fingerprint density at radius 3 is 2.75 bits per heavy atom. The maximum absolute atomic E-state index is 12.6. The van der Waals surface area contributed by atoms with Crippen molar-refractivity contribution in [1.29, 1.82) is 0 Å². The molecule has 20 heavy (non-hydrogen) atoms. The van der Waals surface area contributed by atoms with Crippen molar-refractivity contribution >= 4 is 33.2 Å². The third kappa shape index (κ3) is 3.30. The van der Waals surface area contributed by atoms with Crippen LogP contribution in [0.3, 0.4) is 0 Å². The van der Waals surface area contributed by atoms with Gasteiger partial charge in [-0.15, -0.1) is 11.3 Å². The molecule has 2 rings (SSSR count). The van der Waals surface area contributed by atoms with Crippen LogP contribution in [0.4, 0.5) is 0 Å². The monoisotopic (exact) mass is 351 g/mol. The van der Waals surface area contributed by atoms with E-state index in [1.165, 1.54) is 4.88 Å². The molecule has 106 valence electrons. The molecule has 1 unspecified atom stereocenters. The lowest BCUT2D eigenvalue weighted by Crippen LogP contribution is -2.36. The van der Waals surface area contributed by atoms with Crippen molar-refractivity contribution in [3.05, 3.63) is 56.2 Å². The van der Waals surface area contributed by atoms with Crippen LogP contribution in [0, 0.1) is 6.92 Å². The van der Waals surface area contributed by atoms with Crippen LogP contribution < -0.4 is 0 Å². The van der Waals surface area contributed by atoms with Crippen LogP contribution in [0.1, 0.15) is 27.7 Å². The zero-order chi connectivity index (χ0) is 14.7. The topological polar surface area (TPSA) is 20.3 Å². The lowest BCUT2D eigenvalue weighted by molar-refractivity contribution is 0.0743. The van der Waals surface area contributed by atoms with Crippen molar-refractivity contribution in [3.63, 3.8) is 0 Å². The molecule has 1 atom stereocenters. The third-order valence-electron chi connectivity index (χ3n) is 3.48. The number of likely N-dealkylation sites (N-methyl/N-ethyl adjacent to an activating group) is 1. The quantitative estimate of drug-likeness (QED) is 0.792. The predicted octanol–water partition coefficient (Wildman–Crippen LogP) is 4.52. The Kier molecular flexibility index (Phi) is 5.00. The number of nitrogens with zero attached hydrogens (tertiary/aromatic N) is 1. The molecule has 0 aliphatic rings. The largest absolute Gasteiger partial charge is 0.339 e. The molecule has 0 aliphatic carbocycles. The molecule has 1 heterocycles. The van der Waals surface area contributed by atoms with Gasteiger partial charge in [0.25, 0.3) is 5.91 Å². The molecular weight excluding hydrogens is 334 g/mol. The van der Waals surface area contributed by atoms with Gasteiger partial charge in [0, 0.05) is 28.9 Å². The Labute approximate surface area is 132 Å². The number of carbonyl (C=O) groups is 1. The minimum atomic E-state index is 0.0598. The van der Waals surface area contributed by atoms with E-state index in [0.717, 1.165) is 22.0 Å². The van der Waals surface area contributed by atoms with E-state index in [-0.39, 0.29) is 11.9 Å². The summed E-state index contributed by atoms with van der Waals surface area (Å²) in [4.78, 5) is 15.7. The second-order valence-electron chi connectivity index (χ2n) is 4.99. The van der Waals surface area contributed by atoms with E-state index in [1.54, 1.807) is 11.3 Å². The van der Waals surface area contributed by atoms with Gasteiger partial charge in [0.05, 0.1) is 5.56 Å². The summed E-state index contributed by atoms with van der Waals surface area (Å²) in [7, 11) is 1.87. The van der Waals surface area contributed by atoms with E-state index in [9.17, 15) is 4.79 Å². The third-order valence-corrected chi connectivity index (χ3v) is 5.43. The number of halogens is 1. The molecule has 1 aromatic carbocycles. The molecule has 4 heteroatoms. The van der Waals surface area contributed by atoms with E-state index in [1.807, 2.05) is 43.1 Å². The summed E-state index contributed by atoms with van der Waals surface area (Å²) < 4.78 is 0.889. The maximum Gasteiger partial charge on any atom is 0.255 e. The van der Waals surface area contributed by atoms with Crippen LogP contribution in [0.15, 0.2) is 40.2 Å². The van der Waals surface area contributed by atoms with Crippen LogP contribution >= 0.6 is 27.3 Å². The molecule has 2 aromatic rings. The highest BCUT2D eigenvalue weighted by molar-refractivity contribution is 9.10. The predicted molar refractivity (Wildman–Crippen MR) is 88.5 cm³/mol. The molecule has 0 bridgehead atoms. The molecule has 0 N–H and O–H groups in total. The van der Waals surface area contributed by atoms with Crippen LogP contribution in [-0.4, -0.2) is 23.9 Å². The molecule has 0 aliphatic heterocycles. The summed E-state index contributed by atoms with van der Waals surface area (Å²) in [5.41, 5.74) is 1.81. The summed E-state index contributed by atoms with van der Waals surface area (Å²) in [6.45, 7) is 4.08. The van der Waals surface area contributed by atoms with Gasteiger partial charge in [0.1, 0.15) is 0 Å². The minimum absolute atomic E-state index is 0.0598. The molecule has 1 amide bonds. The number of thiophene rings is 1. The van der Waals surface area contributed by atoms with Crippen molar-refractivity contribution in [2.75, 3.05) is 7.05 Å². The normalized spacial score (nSPS) is 12.2. The molecule has 2 nitrogen and oxygen atoms in total. The molecular formula is C16H18BrNOS. The lowest BCUT2D eigenvalue weighted by atomic mass is 10.1. The van der Waals surface area contributed by atoms with Crippen molar-refractivity contribution in [2.24, 2.45) is 0 Å². The smallest absolute Gasteiger partial charge is 0.255 e. The van der Waals surface area contributed by atoms with E-state index in [4.69, 9.17) is 0 Å². The van der Waals surface area contributed by atoms with E-state index in [2.05, 4.69) is 34.3 Å². The first-order chi connectivity index (χ1) is 9.50. The van der Waals surface area contributed by atoms with Gasteiger partial charge >= 0.3 is 0 Å². The van der Waals surface area contributed by atoms with Gasteiger partial charge in [-0.05, 0) is 52.9 Å². The number of rotatable bonds is 4. The first-order valence-electron chi connectivity index (χ1n) is 6.55. The Bertz CT molecular complexity index is 595. The average Bonchev–Trinajstić information content (AvgIpc) is 2.93. The highest BCUT2D eigenvalue weighted by atomic mass is 79.9. The number of hydrogen-bond donors (Lipinski definition) is 0. The van der Waals surface area contributed by atoms with E-state index < -0.39 is 0 Å². The van der Waals surface area contributed by atoms with Gasteiger partial charge in [-0.1, -0.05) is 18.2 Å². The number of carbonyl (C=O) groups excluding carboxylic acids is 1. The molecule has 0 radical (unpaired) electrons. The second kappa shape index (κ2) is 6.55. The standard InChI is InChI=1S/C16H18BrNOS/c1-11-6-4-8-14(15(11)17)16(19)18(3)12(2)10-13-7-5-9-20-13/h4-9,12H,10H2,1-3H3. The first-order valence-corrected chi connectivity index (χ1v) is 8.22. The summed E-state index contributed by atoms with van der Waals surface area (Å²) in [5.74, 6) is 0.0598. The van der Waals surface area contributed by atoms with Gasteiger partial charge in [0.15, 0.2) is 0 Å². The molecule has 0 spiro atoms. The maximum atomic E-state index is 12.6. The van der Waals surface area contributed by atoms with Gasteiger partial charge < -0.3 is 4.90 Å². The average molecular weight is 352 g/mol. The number of benzene rings is 1. The van der Waals surface area contributed by atoms with Gasteiger partial charge in [0.2, 0.25) is 0 Å². The Morgan fingerprint density at radius 2 is 2.10 bits per heavy atom. The number of aryl methyl sites for hydroxylation is 1. The Hall–Kier alpha value is -1.13. The van der Waals surface area contributed by atoms with Crippen molar-refractivity contribution < 1.29 is 4.79 Å². The molecule has 1 aromatic heterocycles. The van der Waals surface area contributed by atoms with Crippen molar-refractivity contribution in [3.8, 4) is 0 Å². The highest BCUT2D eigenvalue weighted by Crippen LogP contribution is 2.23. The Morgan fingerprint density at radius 1 is 1.35 bits per heavy atom. The number of hydrogen-bond acceptors (Lipinski definition) is 2. The SMILES string of the molecule is Cc1cccc(C(=O)N(C)C(C)Cc2cccs2)c1Br. The lowest BCUT2D eigenvalue weighted by Gasteiger charge is -2.25. The van der Waals surface area contributed by atoms with Crippen LogP contribution in [-0.2, 0) is 6.42 Å². The molecule has 0 saturated carbocycles. The summed E-state index contributed by atoms with van der Waals surface area (Å²) in [6.07, 6.45) is 0.892. The van der Waals surface area contributed by atoms with Gasteiger partial charge in [-0.25, -0.2) is 0 Å². The zero-order valence-electron chi connectivity index (χ0n) is 11.9. The zero-order valence-corrected chi connectivity index (χ0v) is 14.3. The van der Waals surface area contributed by atoms with Crippen molar-refractivity contribution in [2.45, 2.75) is 26.3 Å². The van der Waals surface area contributed by atoms with E-state index >= 15 is 0 Å². The summed E-state index contributed by atoms with van der Waals surface area (Å²) >= 11 is 5.25.